The molecule has 0 atom stereocenters. The fourth-order valence-corrected chi connectivity index (χ4v) is 4.73. The molecule has 0 amide bonds. The molecule has 0 aliphatic carbocycles. The molecule has 2 heterocycles. The molecule has 120 valence electrons. The normalized spacial score (nSPS) is 16.3. The van der Waals surface area contributed by atoms with Crippen molar-refractivity contribution < 1.29 is 8.42 Å². The van der Waals surface area contributed by atoms with Crippen molar-refractivity contribution in [3.05, 3.63) is 21.9 Å². The van der Waals surface area contributed by atoms with Crippen molar-refractivity contribution in [2.24, 2.45) is 0 Å². The molecule has 1 aliphatic rings. The highest BCUT2D eigenvalue weighted by atomic mass is 32.2. The van der Waals surface area contributed by atoms with E-state index in [0.29, 0.717) is 19.6 Å². The molecule has 0 saturated heterocycles. The maximum Gasteiger partial charge on any atom is 0.282 e. The van der Waals surface area contributed by atoms with E-state index in [-0.39, 0.29) is 0 Å². The monoisotopic (exact) mass is 331 g/mol. The van der Waals surface area contributed by atoms with E-state index in [4.69, 9.17) is 0 Å². The average Bonchev–Trinajstić information content (AvgIpc) is 2.94. The van der Waals surface area contributed by atoms with E-state index in [2.05, 4.69) is 12.2 Å². The van der Waals surface area contributed by atoms with Gasteiger partial charge in [0, 0.05) is 31.6 Å². The Bertz CT molecular complexity index is 542. The van der Waals surface area contributed by atoms with Gasteiger partial charge >= 0.3 is 0 Å². The highest BCUT2D eigenvalue weighted by Crippen LogP contribution is 2.26. The molecule has 0 bridgehead atoms. The lowest BCUT2D eigenvalue weighted by Crippen LogP contribution is -2.44. The third kappa shape index (κ3) is 4.26. The number of hydrogen-bond donors (Lipinski definition) is 1. The zero-order valence-electron chi connectivity index (χ0n) is 12.8. The van der Waals surface area contributed by atoms with E-state index in [1.807, 2.05) is 11.4 Å². The van der Waals surface area contributed by atoms with Crippen molar-refractivity contribution in [1.82, 2.24) is 13.9 Å². The molecule has 0 aromatic carbocycles. The van der Waals surface area contributed by atoms with Gasteiger partial charge in [0.25, 0.3) is 10.2 Å². The highest BCUT2D eigenvalue weighted by molar-refractivity contribution is 7.86. The molecule has 0 fully saturated rings. The van der Waals surface area contributed by atoms with Gasteiger partial charge < -0.3 is 5.32 Å². The number of hydrogen-bond acceptors (Lipinski definition) is 4. The van der Waals surface area contributed by atoms with Gasteiger partial charge in [-0.05, 0) is 49.4 Å². The van der Waals surface area contributed by atoms with Gasteiger partial charge in [0.05, 0.1) is 0 Å². The van der Waals surface area contributed by atoms with E-state index < -0.39 is 10.2 Å². The minimum atomic E-state index is -3.33. The van der Waals surface area contributed by atoms with Crippen LogP contribution in [0.3, 0.4) is 0 Å². The Morgan fingerprint density at radius 2 is 2.24 bits per heavy atom. The SMILES string of the molecule is CCCNCCCN(C)S(=O)(=O)N1CCc2sccc2C1. The Morgan fingerprint density at radius 3 is 3.00 bits per heavy atom. The van der Waals surface area contributed by atoms with Crippen molar-refractivity contribution in [2.75, 3.05) is 33.2 Å². The van der Waals surface area contributed by atoms with Crippen LogP contribution in [0, 0.1) is 0 Å². The van der Waals surface area contributed by atoms with Gasteiger partial charge in [0.2, 0.25) is 0 Å². The van der Waals surface area contributed by atoms with E-state index in [0.717, 1.165) is 37.9 Å². The molecule has 1 aliphatic heterocycles. The van der Waals surface area contributed by atoms with Crippen LogP contribution in [-0.2, 0) is 23.2 Å². The predicted molar refractivity (Wildman–Crippen MR) is 87.8 cm³/mol. The van der Waals surface area contributed by atoms with E-state index in [1.54, 1.807) is 22.7 Å². The molecule has 0 saturated carbocycles. The van der Waals surface area contributed by atoms with E-state index in [1.165, 1.54) is 9.18 Å². The second-order valence-electron chi connectivity index (χ2n) is 5.39. The summed E-state index contributed by atoms with van der Waals surface area (Å²) in [4.78, 5) is 1.33. The maximum absolute atomic E-state index is 12.6. The number of nitrogens with zero attached hydrogens (tertiary/aromatic N) is 2. The molecule has 0 unspecified atom stereocenters. The van der Waals surface area contributed by atoms with Crippen LogP contribution in [-0.4, -0.2) is 50.3 Å². The molecule has 21 heavy (non-hydrogen) atoms. The van der Waals surface area contributed by atoms with Crippen LogP contribution in [0.5, 0.6) is 0 Å². The molecule has 0 spiro atoms. The summed E-state index contributed by atoms with van der Waals surface area (Å²) < 4.78 is 28.2. The molecular formula is C14H25N3O2S2. The van der Waals surface area contributed by atoms with E-state index >= 15 is 0 Å². The summed E-state index contributed by atoms with van der Waals surface area (Å²) in [7, 11) is -1.65. The van der Waals surface area contributed by atoms with Gasteiger partial charge in [-0.3, -0.25) is 0 Å². The predicted octanol–water partition coefficient (Wildman–Crippen LogP) is 1.67. The molecule has 5 nitrogen and oxygen atoms in total. The first kappa shape index (κ1) is 16.9. The molecule has 1 aromatic rings. The summed E-state index contributed by atoms with van der Waals surface area (Å²) in [5, 5.41) is 5.34. The molecule has 1 aromatic heterocycles. The summed E-state index contributed by atoms with van der Waals surface area (Å²) in [6.45, 7) is 5.64. The van der Waals surface area contributed by atoms with Crippen LogP contribution in [0.25, 0.3) is 0 Å². The number of thiophene rings is 1. The average molecular weight is 332 g/mol. The van der Waals surface area contributed by atoms with Gasteiger partial charge in [0.1, 0.15) is 0 Å². The second-order valence-corrected chi connectivity index (χ2v) is 8.42. The summed E-state index contributed by atoms with van der Waals surface area (Å²) in [5.41, 5.74) is 1.16. The largest absolute Gasteiger partial charge is 0.317 e. The zero-order chi connectivity index (χ0) is 15.3. The van der Waals surface area contributed by atoms with Crippen LogP contribution in [0.15, 0.2) is 11.4 Å². The summed E-state index contributed by atoms with van der Waals surface area (Å²) >= 11 is 1.72. The van der Waals surface area contributed by atoms with Crippen molar-refractivity contribution in [3.8, 4) is 0 Å². The number of fused-ring (bicyclic) bond motifs is 1. The Hall–Kier alpha value is -0.470. The molecule has 0 radical (unpaired) electrons. The van der Waals surface area contributed by atoms with Crippen molar-refractivity contribution in [2.45, 2.75) is 32.7 Å². The third-order valence-electron chi connectivity index (χ3n) is 3.75. The van der Waals surface area contributed by atoms with Gasteiger partial charge in [0.15, 0.2) is 0 Å². The first-order valence-electron chi connectivity index (χ1n) is 7.53. The van der Waals surface area contributed by atoms with Crippen LogP contribution >= 0.6 is 11.3 Å². The first-order chi connectivity index (χ1) is 10.1. The number of nitrogens with one attached hydrogen (secondary N) is 1. The summed E-state index contributed by atoms with van der Waals surface area (Å²) in [5.74, 6) is 0. The lowest BCUT2D eigenvalue weighted by atomic mass is 10.1. The fraction of sp³-hybridized carbons (Fsp3) is 0.714. The lowest BCUT2D eigenvalue weighted by Gasteiger charge is -2.30. The quantitative estimate of drug-likeness (QED) is 0.737. The Labute approximate surface area is 132 Å². The standard InChI is InChI=1S/C14H25N3O2S2/c1-3-7-15-8-4-9-16(2)21(18,19)17-10-5-14-13(12-17)6-11-20-14/h6,11,15H,3-5,7-10,12H2,1-2H3. The lowest BCUT2D eigenvalue weighted by molar-refractivity contribution is 0.343. The van der Waals surface area contributed by atoms with Gasteiger partial charge in [-0.2, -0.15) is 17.0 Å². The Balaban J connectivity index is 1.86. The van der Waals surface area contributed by atoms with Crippen molar-refractivity contribution >= 4 is 21.5 Å². The number of rotatable bonds is 8. The summed E-state index contributed by atoms with van der Waals surface area (Å²) in [6, 6.07) is 2.04. The van der Waals surface area contributed by atoms with Crippen LogP contribution in [0.4, 0.5) is 0 Å². The summed E-state index contributed by atoms with van der Waals surface area (Å²) in [6.07, 6.45) is 2.77. The second kappa shape index (κ2) is 7.69. The van der Waals surface area contributed by atoms with Gasteiger partial charge in [-0.1, -0.05) is 6.92 Å². The van der Waals surface area contributed by atoms with Gasteiger partial charge in [-0.15, -0.1) is 11.3 Å². The van der Waals surface area contributed by atoms with Crippen LogP contribution < -0.4 is 5.32 Å². The maximum atomic E-state index is 12.6. The molecule has 2 rings (SSSR count). The van der Waals surface area contributed by atoms with Gasteiger partial charge in [-0.25, -0.2) is 0 Å². The molecule has 7 heteroatoms. The van der Waals surface area contributed by atoms with Crippen molar-refractivity contribution in [3.63, 3.8) is 0 Å². The van der Waals surface area contributed by atoms with E-state index in [9.17, 15) is 8.42 Å². The van der Waals surface area contributed by atoms with Crippen molar-refractivity contribution in [1.29, 1.82) is 0 Å². The topological polar surface area (TPSA) is 52.7 Å². The fourth-order valence-electron chi connectivity index (χ4n) is 2.46. The minimum Gasteiger partial charge on any atom is -0.317 e. The minimum absolute atomic E-state index is 0.513. The van der Waals surface area contributed by atoms with Crippen LogP contribution in [0.2, 0.25) is 0 Å². The molecular weight excluding hydrogens is 306 g/mol. The molecule has 1 N–H and O–H groups in total. The Kier molecular flexibility index (Phi) is 6.19. The highest BCUT2D eigenvalue weighted by Gasteiger charge is 2.30. The first-order valence-corrected chi connectivity index (χ1v) is 9.80. The Morgan fingerprint density at radius 1 is 1.43 bits per heavy atom. The third-order valence-corrected chi connectivity index (χ3v) is 6.70. The van der Waals surface area contributed by atoms with Crippen LogP contribution in [0.1, 0.15) is 30.2 Å². The smallest absolute Gasteiger partial charge is 0.282 e. The zero-order valence-corrected chi connectivity index (χ0v) is 14.5.